The minimum Gasteiger partial charge on any atom is -0.378 e. The van der Waals surface area contributed by atoms with E-state index in [1.807, 2.05) is 30.9 Å². The summed E-state index contributed by atoms with van der Waals surface area (Å²) in [5.41, 5.74) is 4.25. The number of pyridine rings is 1. The van der Waals surface area contributed by atoms with Gasteiger partial charge in [-0.25, -0.2) is 0 Å². The van der Waals surface area contributed by atoms with Gasteiger partial charge in [0, 0.05) is 43.8 Å². The van der Waals surface area contributed by atoms with Gasteiger partial charge in [0.1, 0.15) is 11.5 Å². The molecule has 0 radical (unpaired) electrons. The number of aryl methyl sites for hydroxylation is 2. The average Bonchev–Trinajstić information content (AvgIpc) is 3.36. The summed E-state index contributed by atoms with van der Waals surface area (Å²) in [6.07, 6.45) is 3.99. The number of hydrogen-bond acceptors (Lipinski definition) is 6. The molecule has 8 nitrogen and oxygen atoms in total. The van der Waals surface area contributed by atoms with Gasteiger partial charge >= 0.3 is 0 Å². The van der Waals surface area contributed by atoms with Crippen LogP contribution < -0.4 is 5.32 Å². The molecule has 5 rings (SSSR count). The molecule has 1 aromatic carbocycles. The third kappa shape index (κ3) is 4.19. The van der Waals surface area contributed by atoms with Crippen molar-refractivity contribution >= 4 is 11.8 Å². The van der Waals surface area contributed by atoms with Gasteiger partial charge in [-0.1, -0.05) is 35.5 Å². The molecule has 1 spiro atoms. The first kappa shape index (κ1) is 24.2. The molecule has 0 saturated carbocycles. The molecule has 1 saturated heterocycles. The summed E-state index contributed by atoms with van der Waals surface area (Å²) in [6.45, 7) is 5.09. The van der Waals surface area contributed by atoms with Crippen molar-refractivity contribution in [2.45, 2.75) is 57.1 Å². The maximum absolute atomic E-state index is 13.1. The zero-order valence-corrected chi connectivity index (χ0v) is 21.0. The van der Waals surface area contributed by atoms with Crippen LogP contribution in [0.4, 0.5) is 0 Å². The monoisotopic (exact) mass is 488 g/mol. The van der Waals surface area contributed by atoms with Crippen LogP contribution in [-0.4, -0.2) is 53.2 Å². The highest BCUT2D eigenvalue weighted by atomic mass is 16.5. The normalized spacial score (nSPS) is 20.4. The largest absolute Gasteiger partial charge is 0.378 e. The van der Waals surface area contributed by atoms with Gasteiger partial charge in [-0.15, -0.1) is 0 Å². The fraction of sp³-hybridized carbons (Fsp3) is 0.429. The number of piperidine rings is 1. The molecule has 2 aliphatic rings. The van der Waals surface area contributed by atoms with E-state index in [1.165, 1.54) is 5.56 Å². The number of rotatable bonds is 6. The van der Waals surface area contributed by atoms with Crippen LogP contribution in [-0.2, 0) is 21.4 Å². The Morgan fingerprint density at radius 1 is 1.14 bits per heavy atom. The Labute approximate surface area is 211 Å². The van der Waals surface area contributed by atoms with Gasteiger partial charge in [-0.2, -0.15) is 0 Å². The van der Waals surface area contributed by atoms with E-state index >= 15 is 0 Å². The van der Waals surface area contributed by atoms with Gasteiger partial charge in [0.2, 0.25) is 5.91 Å². The number of amides is 2. The third-order valence-electron chi connectivity index (χ3n) is 7.90. The van der Waals surface area contributed by atoms with Crippen molar-refractivity contribution in [2.75, 3.05) is 20.2 Å². The molecule has 1 N–H and O–H groups in total. The summed E-state index contributed by atoms with van der Waals surface area (Å²) < 4.78 is 11.3. The fourth-order valence-corrected chi connectivity index (χ4v) is 6.04. The molecule has 0 bridgehead atoms. The predicted molar refractivity (Wildman–Crippen MR) is 133 cm³/mol. The Hall–Kier alpha value is -3.52. The van der Waals surface area contributed by atoms with Crippen LogP contribution in [0.25, 0.3) is 0 Å². The minimum absolute atomic E-state index is 0.144. The van der Waals surface area contributed by atoms with Gasteiger partial charge in [-0.05, 0) is 56.4 Å². The van der Waals surface area contributed by atoms with Crippen LogP contribution in [0.2, 0.25) is 0 Å². The van der Waals surface area contributed by atoms with Crippen molar-refractivity contribution in [2.24, 2.45) is 0 Å². The minimum atomic E-state index is -0.289. The fourth-order valence-electron chi connectivity index (χ4n) is 6.04. The molecule has 8 heteroatoms. The van der Waals surface area contributed by atoms with Crippen molar-refractivity contribution in [3.8, 4) is 0 Å². The summed E-state index contributed by atoms with van der Waals surface area (Å²) in [5.74, 6) is 0.703. The van der Waals surface area contributed by atoms with Crippen molar-refractivity contribution in [3.05, 3.63) is 82.5 Å². The van der Waals surface area contributed by atoms with Gasteiger partial charge < -0.3 is 19.5 Å². The lowest BCUT2D eigenvalue weighted by molar-refractivity contribution is -0.133. The van der Waals surface area contributed by atoms with Gasteiger partial charge in [-0.3, -0.25) is 14.6 Å². The van der Waals surface area contributed by atoms with E-state index in [1.54, 1.807) is 31.5 Å². The highest BCUT2D eigenvalue weighted by molar-refractivity contribution is 5.92. The molecule has 188 valence electrons. The summed E-state index contributed by atoms with van der Waals surface area (Å²) >= 11 is 0. The first-order valence-electron chi connectivity index (χ1n) is 12.5. The average molecular weight is 489 g/mol. The van der Waals surface area contributed by atoms with Gasteiger partial charge in [0.25, 0.3) is 5.91 Å². The first-order chi connectivity index (χ1) is 17.4. The van der Waals surface area contributed by atoms with Crippen LogP contribution in [0.3, 0.4) is 0 Å². The molecule has 3 heterocycles. The van der Waals surface area contributed by atoms with Crippen LogP contribution >= 0.6 is 0 Å². The SMILES string of the molecule is CO[C@H]1[C@H](NC(=O)c2ccccn2)c2ccccc2C12CCN(C(=O)CCc1c(C)noc1C)CC2. The molecular formula is C28H32N4O4. The third-order valence-corrected chi connectivity index (χ3v) is 7.90. The van der Waals surface area contributed by atoms with E-state index in [2.05, 4.69) is 27.6 Å². The maximum atomic E-state index is 13.1. The number of benzene rings is 1. The summed E-state index contributed by atoms with van der Waals surface area (Å²) in [6, 6.07) is 13.3. The summed E-state index contributed by atoms with van der Waals surface area (Å²) in [5, 5.41) is 7.18. The van der Waals surface area contributed by atoms with E-state index in [-0.39, 0.29) is 29.4 Å². The van der Waals surface area contributed by atoms with E-state index in [4.69, 9.17) is 9.26 Å². The summed E-state index contributed by atoms with van der Waals surface area (Å²) in [7, 11) is 1.71. The highest BCUT2D eigenvalue weighted by Crippen LogP contribution is 2.52. The van der Waals surface area contributed by atoms with Crippen molar-refractivity contribution < 1.29 is 18.8 Å². The number of likely N-dealkylation sites (tertiary alicyclic amines) is 1. The van der Waals surface area contributed by atoms with Crippen molar-refractivity contribution in [1.29, 1.82) is 0 Å². The second-order valence-corrected chi connectivity index (χ2v) is 9.75. The zero-order valence-electron chi connectivity index (χ0n) is 21.0. The van der Waals surface area contributed by atoms with E-state index < -0.39 is 0 Å². The molecule has 1 aliphatic heterocycles. The molecule has 1 fully saturated rings. The standard InChI is InChI=1S/C28H32N4O4/c1-18-20(19(2)36-31-18)11-12-24(33)32-16-13-28(14-17-32)22-9-5-4-8-21(22)25(26(28)35-3)30-27(34)23-10-6-7-15-29-23/h4-10,15,25-26H,11-14,16-17H2,1-3H3,(H,30,34)/t25-,26+/m1/s1. The van der Waals surface area contributed by atoms with E-state index in [9.17, 15) is 9.59 Å². The maximum Gasteiger partial charge on any atom is 0.270 e. The van der Waals surface area contributed by atoms with E-state index in [0.717, 1.165) is 35.4 Å². The number of fused-ring (bicyclic) bond motifs is 2. The number of ether oxygens (including phenoxy) is 1. The van der Waals surface area contributed by atoms with Crippen LogP contribution in [0.5, 0.6) is 0 Å². The van der Waals surface area contributed by atoms with Crippen LogP contribution in [0.1, 0.15) is 63.9 Å². The Balaban J connectivity index is 1.32. The lowest BCUT2D eigenvalue weighted by Crippen LogP contribution is -2.51. The number of nitrogens with zero attached hydrogens (tertiary/aromatic N) is 3. The van der Waals surface area contributed by atoms with Crippen molar-refractivity contribution in [1.82, 2.24) is 20.4 Å². The quantitative estimate of drug-likeness (QED) is 0.569. The Bertz CT molecular complexity index is 1230. The number of carbonyl (C=O) groups is 2. The lowest BCUT2D eigenvalue weighted by atomic mass is 9.71. The topological polar surface area (TPSA) is 97.6 Å². The Kier molecular flexibility index (Phi) is 6.62. The van der Waals surface area contributed by atoms with Crippen LogP contribution in [0.15, 0.2) is 53.2 Å². The molecule has 3 aromatic rings. The predicted octanol–water partition coefficient (Wildman–Crippen LogP) is 3.68. The molecule has 2 atom stereocenters. The van der Waals surface area contributed by atoms with Crippen LogP contribution in [0, 0.1) is 13.8 Å². The molecular weight excluding hydrogens is 456 g/mol. The lowest BCUT2D eigenvalue weighted by Gasteiger charge is -2.44. The van der Waals surface area contributed by atoms with Gasteiger partial charge in [0.15, 0.2) is 0 Å². The van der Waals surface area contributed by atoms with Gasteiger partial charge in [0.05, 0.1) is 17.8 Å². The highest BCUT2D eigenvalue weighted by Gasteiger charge is 2.54. The number of nitrogens with one attached hydrogen (secondary N) is 1. The molecule has 2 amide bonds. The Morgan fingerprint density at radius 3 is 2.56 bits per heavy atom. The summed E-state index contributed by atoms with van der Waals surface area (Å²) in [4.78, 5) is 32.2. The molecule has 36 heavy (non-hydrogen) atoms. The Morgan fingerprint density at radius 2 is 1.89 bits per heavy atom. The number of aromatic nitrogens is 2. The second kappa shape index (κ2) is 9.85. The number of methoxy groups -OCH3 is 1. The number of carbonyl (C=O) groups excluding carboxylic acids is 2. The molecule has 1 aliphatic carbocycles. The smallest absolute Gasteiger partial charge is 0.270 e. The molecule has 0 unspecified atom stereocenters. The zero-order chi connectivity index (χ0) is 25.3. The van der Waals surface area contributed by atoms with E-state index in [0.29, 0.717) is 31.6 Å². The number of hydrogen-bond donors (Lipinski definition) is 1. The van der Waals surface area contributed by atoms with Crippen molar-refractivity contribution in [3.63, 3.8) is 0 Å². The first-order valence-corrected chi connectivity index (χ1v) is 12.5. The molecule has 2 aromatic heterocycles. The second-order valence-electron chi connectivity index (χ2n) is 9.75.